The minimum Gasteiger partial charge on any atom is -0.477 e. The zero-order chi connectivity index (χ0) is 29.3. The van der Waals surface area contributed by atoms with Gasteiger partial charge in [-0.1, -0.05) is 27.7 Å². The number of aliphatic hydroxyl groups is 1. The van der Waals surface area contributed by atoms with Gasteiger partial charge in [-0.2, -0.15) is 0 Å². The summed E-state index contributed by atoms with van der Waals surface area (Å²) in [6.07, 6.45) is 3.50. The average Bonchev–Trinajstić information content (AvgIpc) is 3.57. The van der Waals surface area contributed by atoms with Crippen molar-refractivity contribution in [1.29, 1.82) is 0 Å². The fraction of sp³-hybridized carbons (Fsp3) is 0.364. The zero-order valence-electron chi connectivity index (χ0n) is 21.3. The van der Waals surface area contributed by atoms with Gasteiger partial charge in [-0.3, -0.25) is 19.5 Å². The number of amides is 2. The van der Waals surface area contributed by atoms with Gasteiger partial charge in [0.15, 0.2) is 16.7 Å². The third-order valence-corrected chi connectivity index (χ3v) is 9.50. The molecule has 0 unspecified atom stereocenters. The quantitative estimate of drug-likeness (QED) is 0.0526. The van der Waals surface area contributed by atoms with E-state index in [0.717, 1.165) is 22.1 Å². The zero-order valence-corrected chi connectivity index (χ0v) is 25.9. The van der Waals surface area contributed by atoms with Crippen molar-refractivity contribution >= 4 is 91.8 Å². The monoisotopic (exact) mass is 733 g/mol. The van der Waals surface area contributed by atoms with Gasteiger partial charge < -0.3 is 26.1 Å². The molecule has 0 saturated carbocycles. The largest absolute Gasteiger partial charge is 0.477 e. The Bertz CT molecular complexity index is 1430. The van der Waals surface area contributed by atoms with Gasteiger partial charge in [-0.25, -0.2) is 19.8 Å². The van der Waals surface area contributed by atoms with Crippen LogP contribution in [0.5, 0.6) is 0 Å². The number of carbonyl (C=O) groups excluding carboxylic acids is 2. The lowest BCUT2D eigenvalue weighted by atomic mass is 10.0. The molecule has 5 heterocycles. The number of hydrogen-bond donors (Lipinski definition) is 5. The van der Waals surface area contributed by atoms with Crippen LogP contribution in [0.25, 0.3) is 0 Å². The number of nitrogen functional groups attached to an aromatic ring is 1. The molecule has 19 heteroatoms. The molecule has 0 aliphatic carbocycles. The number of fused-ring (bicyclic) bond motifs is 2. The van der Waals surface area contributed by atoms with E-state index in [2.05, 4.69) is 48.6 Å². The number of nitrogens with two attached hydrogens (primary N) is 1. The summed E-state index contributed by atoms with van der Waals surface area (Å²) in [5, 5.41) is 31.2. The molecule has 2 atom stereocenters. The summed E-state index contributed by atoms with van der Waals surface area (Å²) in [5.41, 5.74) is 10.0. The number of carboxylic acids is 1. The number of oxime groups is 1. The first-order chi connectivity index (χ1) is 19.7. The van der Waals surface area contributed by atoms with Crippen LogP contribution < -0.4 is 16.6 Å². The smallest absolute Gasteiger partial charge is 0.352 e. The Labute approximate surface area is 259 Å². The van der Waals surface area contributed by atoms with Gasteiger partial charge in [0, 0.05) is 27.0 Å². The maximum absolute atomic E-state index is 13.2. The standard InChI is InChI=1S/C22H24IN9O6S3/c1-10-4-14(32-13(25-10)5-30(9-33)29-32)39-6-11-7-40-20-16(19(35)31(20)17(11)21(36)37)27-18(34)15(28-38-3-2-23)12-8-41-22(24)26-12/h4-5,8,16,20,29,33H,2-3,6-7,9H2,1H3,(H2,24,26)(H,27,34)(H,36,37)/b28-15-/t16-,20-/m1/s1. The fourth-order valence-corrected chi connectivity index (χ4v) is 7.49. The highest BCUT2D eigenvalue weighted by Gasteiger charge is 2.54. The molecular formula is C22H24IN9O6S3. The number of hydrazine groups is 2. The Kier molecular flexibility index (Phi) is 9.09. The molecule has 15 nitrogen and oxygen atoms in total. The van der Waals surface area contributed by atoms with E-state index in [1.807, 2.05) is 13.0 Å². The molecule has 4 aliphatic rings. The number of carbonyl (C=O) groups is 3. The molecule has 0 aromatic carbocycles. The molecule has 1 aromatic rings. The number of nitrogens with one attached hydrogen (secondary N) is 2. The van der Waals surface area contributed by atoms with Crippen LogP contribution in [0.3, 0.4) is 0 Å². The number of aliphatic imine (C=N–C) groups is 1. The average molecular weight is 734 g/mol. The predicted octanol–water partition coefficient (Wildman–Crippen LogP) is 0.455. The Morgan fingerprint density at radius 2 is 2.24 bits per heavy atom. The van der Waals surface area contributed by atoms with Crippen molar-refractivity contribution in [3.63, 3.8) is 0 Å². The summed E-state index contributed by atoms with van der Waals surface area (Å²) in [6.45, 7) is 1.85. The number of anilines is 1. The van der Waals surface area contributed by atoms with Crippen LogP contribution in [-0.4, -0.2) is 100 Å². The first-order valence-corrected chi connectivity index (χ1v) is 16.4. The van der Waals surface area contributed by atoms with Crippen molar-refractivity contribution < 1.29 is 29.4 Å². The number of hydrogen-bond acceptors (Lipinski definition) is 15. The molecule has 0 spiro atoms. The minimum absolute atomic E-state index is 0.0905. The summed E-state index contributed by atoms with van der Waals surface area (Å²) in [6, 6.07) is -0.951. The van der Waals surface area contributed by atoms with Gasteiger partial charge in [0.1, 0.15) is 36.1 Å². The summed E-state index contributed by atoms with van der Waals surface area (Å²) in [7, 11) is 0. The van der Waals surface area contributed by atoms with Gasteiger partial charge in [0.25, 0.3) is 11.8 Å². The molecule has 4 aliphatic heterocycles. The Hall–Kier alpha value is -2.85. The first-order valence-electron chi connectivity index (χ1n) is 12.0. The normalized spacial score (nSPS) is 22.0. The number of aliphatic hydroxyl groups excluding tert-OH is 1. The van der Waals surface area contributed by atoms with Gasteiger partial charge in [-0.05, 0) is 18.6 Å². The molecule has 2 amide bonds. The van der Waals surface area contributed by atoms with Crippen LogP contribution in [-0.2, 0) is 19.2 Å². The topological polar surface area (TPSA) is 198 Å². The van der Waals surface area contributed by atoms with E-state index in [1.54, 1.807) is 16.6 Å². The van der Waals surface area contributed by atoms with E-state index in [1.165, 1.54) is 33.4 Å². The molecule has 0 bridgehead atoms. The Morgan fingerprint density at radius 1 is 1.44 bits per heavy atom. The predicted molar refractivity (Wildman–Crippen MR) is 163 cm³/mol. The van der Waals surface area contributed by atoms with Gasteiger partial charge >= 0.3 is 5.97 Å². The van der Waals surface area contributed by atoms with Crippen molar-refractivity contribution in [2.45, 2.75) is 18.3 Å². The number of allylic oxidation sites excluding steroid dienone is 1. The van der Waals surface area contributed by atoms with Gasteiger partial charge in [0.2, 0.25) is 0 Å². The Balaban J connectivity index is 1.29. The number of β-lactam (4-membered cyclic amide) rings is 1. The van der Waals surface area contributed by atoms with E-state index in [4.69, 9.17) is 10.6 Å². The molecule has 41 heavy (non-hydrogen) atoms. The molecule has 0 radical (unpaired) electrons. The van der Waals surface area contributed by atoms with E-state index in [9.17, 15) is 24.6 Å². The number of halogens is 1. The number of thiazole rings is 1. The maximum atomic E-state index is 13.2. The van der Waals surface area contributed by atoms with E-state index in [0.29, 0.717) is 27.3 Å². The molecular weight excluding hydrogens is 709 g/mol. The SMILES string of the molecule is CC1=NC2=CN(CO)NN2C(SCC2=C(C(=O)O)N3C(=O)[C@@H](NC(=O)/C(=N\OCCI)c4csc(N)n4)[C@H]3SC2)=C1. The molecule has 1 fully saturated rings. The molecule has 1 aromatic heterocycles. The summed E-state index contributed by atoms with van der Waals surface area (Å²) in [4.78, 5) is 53.6. The van der Waals surface area contributed by atoms with Crippen LogP contribution in [0.1, 0.15) is 12.6 Å². The van der Waals surface area contributed by atoms with Crippen molar-refractivity contribution in [1.82, 2.24) is 30.8 Å². The van der Waals surface area contributed by atoms with Crippen LogP contribution in [0.4, 0.5) is 5.13 Å². The van der Waals surface area contributed by atoms with E-state index < -0.39 is 29.2 Å². The van der Waals surface area contributed by atoms with E-state index >= 15 is 0 Å². The summed E-state index contributed by atoms with van der Waals surface area (Å²) < 4.78 is 0.646. The highest BCUT2D eigenvalue weighted by atomic mass is 127. The molecule has 5 rings (SSSR count). The van der Waals surface area contributed by atoms with Crippen molar-refractivity contribution in [3.8, 4) is 0 Å². The fourth-order valence-electron chi connectivity index (χ4n) is 4.19. The van der Waals surface area contributed by atoms with Crippen LogP contribution in [0.15, 0.2) is 49.9 Å². The second kappa shape index (κ2) is 12.6. The first kappa shape index (κ1) is 29.6. The van der Waals surface area contributed by atoms with Crippen LogP contribution >= 0.6 is 57.5 Å². The number of nitrogens with zero attached hydrogens (tertiary/aromatic N) is 6. The molecule has 218 valence electrons. The third-order valence-electron chi connectivity index (χ3n) is 5.96. The number of aliphatic carboxylic acids is 1. The highest BCUT2D eigenvalue weighted by Crippen LogP contribution is 2.42. The lowest BCUT2D eigenvalue weighted by Crippen LogP contribution is -2.71. The number of thioether (sulfide) groups is 2. The lowest BCUT2D eigenvalue weighted by molar-refractivity contribution is -0.150. The Morgan fingerprint density at radius 3 is 2.93 bits per heavy atom. The third kappa shape index (κ3) is 6.04. The van der Waals surface area contributed by atoms with Crippen molar-refractivity contribution in [3.05, 3.63) is 45.5 Å². The molecule has 1 saturated heterocycles. The molecule has 6 N–H and O–H groups in total. The summed E-state index contributed by atoms with van der Waals surface area (Å²) in [5.74, 6) is -1.21. The van der Waals surface area contributed by atoms with Gasteiger partial charge in [-0.15, -0.1) is 40.4 Å². The second-order valence-corrected chi connectivity index (χ2v) is 12.8. The highest BCUT2D eigenvalue weighted by molar-refractivity contribution is 14.1. The number of alkyl halides is 1. The lowest BCUT2D eigenvalue weighted by Gasteiger charge is -2.49. The number of rotatable bonds is 11. The second-order valence-electron chi connectivity index (χ2n) is 8.71. The van der Waals surface area contributed by atoms with E-state index in [-0.39, 0.29) is 35.6 Å². The number of carboxylic acid groups (broad SMARTS) is 1. The van der Waals surface area contributed by atoms with Crippen molar-refractivity contribution in [2.75, 3.05) is 35.0 Å². The van der Waals surface area contributed by atoms with Crippen LogP contribution in [0.2, 0.25) is 0 Å². The maximum Gasteiger partial charge on any atom is 0.352 e. The minimum atomic E-state index is -1.22. The van der Waals surface area contributed by atoms with Gasteiger partial charge in [0.05, 0.1) is 11.2 Å². The van der Waals surface area contributed by atoms with Crippen LogP contribution in [0, 0.1) is 0 Å². The summed E-state index contributed by atoms with van der Waals surface area (Å²) >= 11 is 5.98. The van der Waals surface area contributed by atoms with Crippen molar-refractivity contribution in [2.24, 2.45) is 10.1 Å². The number of aromatic nitrogens is 1.